The van der Waals surface area contributed by atoms with E-state index in [4.69, 9.17) is 4.98 Å². The Morgan fingerprint density at radius 1 is 1.03 bits per heavy atom. The quantitative estimate of drug-likeness (QED) is 0.483. The van der Waals surface area contributed by atoms with Crippen molar-refractivity contribution < 1.29 is 4.79 Å². The minimum Gasteiger partial charge on any atom is -0.342 e. The third kappa shape index (κ3) is 3.69. The molecule has 0 N–H and O–H groups in total. The fourth-order valence-corrected chi connectivity index (χ4v) is 4.95. The molecular formula is C23H25N3O2S. The Kier molecular flexibility index (Phi) is 5.46. The van der Waals surface area contributed by atoms with Gasteiger partial charge in [-0.15, -0.1) is 0 Å². The molecule has 1 amide bonds. The van der Waals surface area contributed by atoms with E-state index >= 15 is 0 Å². The van der Waals surface area contributed by atoms with Crippen LogP contribution in [0, 0.1) is 13.8 Å². The van der Waals surface area contributed by atoms with Crippen molar-refractivity contribution in [2.24, 2.45) is 0 Å². The van der Waals surface area contributed by atoms with Crippen LogP contribution in [0.1, 0.15) is 30.9 Å². The number of thioether (sulfide) groups is 1. The first kappa shape index (κ1) is 19.7. The van der Waals surface area contributed by atoms with Gasteiger partial charge in [-0.25, -0.2) is 4.98 Å². The second kappa shape index (κ2) is 8.03. The highest BCUT2D eigenvalue weighted by atomic mass is 32.2. The van der Waals surface area contributed by atoms with Crippen molar-refractivity contribution in [2.45, 2.75) is 44.0 Å². The van der Waals surface area contributed by atoms with Crippen LogP contribution in [0.2, 0.25) is 0 Å². The molecule has 1 atom stereocenters. The van der Waals surface area contributed by atoms with E-state index in [9.17, 15) is 9.59 Å². The van der Waals surface area contributed by atoms with Crippen LogP contribution in [0.3, 0.4) is 0 Å². The van der Waals surface area contributed by atoms with Crippen LogP contribution in [0.25, 0.3) is 16.6 Å². The van der Waals surface area contributed by atoms with Gasteiger partial charge in [-0.1, -0.05) is 42.1 Å². The van der Waals surface area contributed by atoms with E-state index in [1.54, 1.807) is 4.57 Å². The number of benzene rings is 2. The molecule has 29 heavy (non-hydrogen) atoms. The molecule has 1 saturated heterocycles. The molecule has 6 heteroatoms. The summed E-state index contributed by atoms with van der Waals surface area (Å²) in [6, 6.07) is 13.4. The summed E-state index contributed by atoms with van der Waals surface area (Å²) in [6.45, 7) is 7.54. The van der Waals surface area contributed by atoms with Gasteiger partial charge in [-0.2, -0.15) is 0 Å². The van der Waals surface area contributed by atoms with Crippen LogP contribution in [-0.4, -0.2) is 38.7 Å². The zero-order valence-electron chi connectivity index (χ0n) is 17.0. The van der Waals surface area contributed by atoms with Crippen LogP contribution in [0.15, 0.2) is 52.4 Å². The predicted molar refractivity (Wildman–Crippen MR) is 118 cm³/mol. The Morgan fingerprint density at radius 3 is 2.38 bits per heavy atom. The summed E-state index contributed by atoms with van der Waals surface area (Å²) in [4.78, 5) is 33.1. The molecule has 3 aromatic rings. The molecule has 4 rings (SSSR count). The van der Waals surface area contributed by atoms with Gasteiger partial charge >= 0.3 is 0 Å². The average molecular weight is 408 g/mol. The molecule has 1 fully saturated rings. The van der Waals surface area contributed by atoms with Crippen molar-refractivity contribution in [2.75, 3.05) is 13.1 Å². The van der Waals surface area contributed by atoms with Gasteiger partial charge in [0.2, 0.25) is 5.91 Å². The van der Waals surface area contributed by atoms with Gasteiger partial charge in [0.05, 0.1) is 21.8 Å². The highest BCUT2D eigenvalue weighted by Crippen LogP contribution is 2.29. The van der Waals surface area contributed by atoms with Crippen LogP contribution in [-0.2, 0) is 4.79 Å². The monoisotopic (exact) mass is 407 g/mol. The number of aromatic nitrogens is 2. The Hall–Kier alpha value is -2.60. The summed E-state index contributed by atoms with van der Waals surface area (Å²) in [7, 11) is 0. The Morgan fingerprint density at radius 2 is 1.69 bits per heavy atom. The summed E-state index contributed by atoms with van der Waals surface area (Å²) >= 11 is 1.37. The SMILES string of the molecule is Cc1cccc(C)c1-n1c(S[C@@H](C)C(=O)N2CCCC2)nc2ccccc2c1=O. The minimum absolute atomic E-state index is 0.101. The number of hydrogen-bond acceptors (Lipinski definition) is 4. The third-order valence-corrected chi connectivity index (χ3v) is 6.50. The number of carbonyl (C=O) groups is 1. The number of hydrogen-bond donors (Lipinski definition) is 0. The Bertz CT molecular complexity index is 1110. The Labute approximate surface area is 174 Å². The van der Waals surface area contributed by atoms with Crippen molar-refractivity contribution in [1.82, 2.24) is 14.5 Å². The van der Waals surface area contributed by atoms with Gasteiger partial charge in [-0.05, 0) is 56.9 Å². The lowest BCUT2D eigenvalue weighted by atomic mass is 10.1. The van der Waals surface area contributed by atoms with E-state index in [1.165, 1.54) is 11.8 Å². The smallest absolute Gasteiger partial charge is 0.266 e. The lowest BCUT2D eigenvalue weighted by Gasteiger charge is -2.22. The van der Waals surface area contributed by atoms with E-state index < -0.39 is 0 Å². The molecular weight excluding hydrogens is 382 g/mol. The lowest BCUT2D eigenvalue weighted by Crippen LogP contribution is -2.34. The minimum atomic E-state index is -0.309. The normalized spacial score (nSPS) is 15.1. The molecule has 1 aromatic heterocycles. The zero-order chi connectivity index (χ0) is 20.5. The fourth-order valence-electron chi connectivity index (χ4n) is 3.95. The summed E-state index contributed by atoms with van der Waals surface area (Å²) < 4.78 is 1.69. The highest BCUT2D eigenvalue weighted by Gasteiger charge is 2.26. The van der Waals surface area contributed by atoms with Crippen LogP contribution in [0.5, 0.6) is 0 Å². The molecule has 1 aliphatic heterocycles. The molecule has 0 radical (unpaired) electrons. The van der Waals surface area contributed by atoms with Crippen molar-refractivity contribution in [3.05, 3.63) is 63.9 Å². The molecule has 1 aliphatic rings. The van der Waals surface area contributed by atoms with E-state index in [1.807, 2.05) is 68.1 Å². The van der Waals surface area contributed by atoms with Gasteiger partial charge in [0.15, 0.2) is 5.16 Å². The number of nitrogens with zero attached hydrogens (tertiary/aromatic N) is 3. The van der Waals surface area contributed by atoms with Gasteiger partial charge in [0.25, 0.3) is 5.56 Å². The number of rotatable bonds is 4. The topological polar surface area (TPSA) is 55.2 Å². The average Bonchev–Trinajstić information content (AvgIpc) is 3.24. The van der Waals surface area contributed by atoms with Gasteiger partial charge in [-0.3, -0.25) is 14.2 Å². The van der Waals surface area contributed by atoms with Crippen molar-refractivity contribution in [1.29, 1.82) is 0 Å². The van der Waals surface area contributed by atoms with E-state index in [-0.39, 0.29) is 16.7 Å². The van der Waals surface area contributed by atoms with Crippen molar-refractivity contribution >= 4 is 28.6 Å². The molecule has 0 spiro atoms. The first-order valence-corrected chi connectivity index (χ1v) is 10.9. The lowest BCUT2D eigenvalue weighted by molar-refractivity contribution is -0.129. The molecule has 2 aromatic carbocycles. The van der Waals surface area contributed by atoms with Crippen molar-refractivity contribution in [3.63, 3.8) is 0 Å². The third-order valence-electron chi connectivity index (χ3n) is 5.46. The summed E-state index contributed by atoms with van der Waals surface area (Å²) in [5.41, 5.74) is 3.41. The molecule has 0 bridgehead atoms. The number of aryl methyl sites for hydroxylation is 2. The van der Waals surface area contributed by atoms with E-state index in [0.29, 0.717) is 16.1 Å². The van der Waals surface area contributed by atoms with Gasteiger partial charge in [0, 0.05) is 13.1 Å². The van der Waals surface area contributed by atoms with E-state index in [0.717, 1.165) is 42.7 Å². The molecule has 2 heterocycles. The van der Waals surface area contributed by atoms with Gasteiger partial charge < -0.3 is 4.90 Å². The number of fused-ring (bicyclic) bond motifs is 1. The largest absolute Gasteiger partial charge is 0.342 e. The van der Waals surface area contributed by atoms with Crippen LogP contribution >= 0.6 is 11.8 Å². The number of likely N-dealkylation sites (tertiary alicyclic amines) is 1. The standard InChI is InChI=1S/C23H25N3O2S/c1-15-9-8-10-16(2)20(15)26-22(28)18-11-4-5-12-19(18)24-23(26)29-17(3)21(27)25-13-6-7-14-25/h4-5,8-12,17H,6-7,13-14H2,1-3H3/t17-/m0/s1. The second-order valence-electron chi connectivity index (χ2n) is 7.58. The molecule has 0 aliphatic carbocycles. The summed E-state index contributed by atoms with van der Waals surface area (Å²) in [5.74, 6) is 0.114. The number of para-hydroxylation sites is 2. The maximum absolute atomic E-state index is 13.5. The first-order valence-electron chi connectivity index (χ1n) is 10.0. The summed E-state index contributed by atoms with van der Waals surface area (Å²) in [5, 5.41) is 0.834. The fraction of sp³-hybridized carbons (Fsp3) is 0.348. The van der Waals surface area contributed by atoms with E-state index in [2.05, 4.69) is 0 Å². The number of carbonyl (C=O) groups excluding carboxylic acids is 1. The molecule has 150 valence electrons. The second-order valence-corrected chi connectivity index (χ2v) is 8.89. The predicted octanol–water partition coefficient (Wildman–Crippen LogP) is 4.11. The van der Waals surface area contributed by atoms with Gasteiger partial charge in [0.1, 0.15) is 0 Å². The zero-order valence-corrected chi connectivity index (χ0v) is 17.8. The molecule has 0 unspecified atom stereocenters. The molecule has 0 saturated carbocycles. The van der Waals surface area contributed by atoms with Crippen molar-refractivity contribution in [3.8, 4) is 5.69 Å². The maximum atomic E-state index is 13.5. The number of amides is 1. The molecule has 5 nitrogen and oxygen atoms in total. The highest BCUT2D eigenvalue weighted by molar-refractivity contribution is 8.00. The Balaban J connectivity index is 1.86. The van der Waals surface area contributed by atoms with Crippen LogP contribution < -0.4 is 5.56 Å². The first-order chi connectivity index (χ1) is 14.0. The van der Waals surface area contributed by atoms with Crippen LogP contribution in [0.4, 0.5) is 0 Å². The summed E-state index contributed by atoms with van der Waals surface area (Å²) in [6.07, 6.45) is 2.12. The maximum Gasteiger partial charge on any atom is 0.266 e.